The van der Waals surface area contributed by atoms with E-state index in [9.17, 15) is 5.11 Å². The SMILES string of the molecule is CCC1CCCC(NCC(C)(O)CSC)CC1. The molecular weight excluding hydrogens is 230 g/mol. The lowest BCUT2D eigenvalue weighted by Crippen LogP contribution is -2.44. The van der Waals surface area contributed by atoms with Crippen LogP contribution in [0.5, 0.6) is 0 Å². The summed E-state index contributed by atoms with van der Waals surface area (Å²) >= 11 is 1.71. The van der Waals surface area contributed by atoms with Gasteiger partial charge in [-0.3, -0.25) is 0 Å². The lowest BCUT2D eigenvalue weighted by Gasteiger charge is -2.26. The second-order valence-electron chi connectivity index (χ2n) is 5.79. The van der Waals surface area contributed by atoms with Gasteiger partial charge in [0.2, 0.25) is 0 Å². The average Bonchev–Trinajstić information content (AvgIpc) is 2.51. The molecule has 0 aromatic carbocycles. The molecular formula is C14H29NOS. The fourth-order valence-corrected chi connectivity index (χ4v) is 3.44. The monoisotopic (exact) mass is 259 g/mol. The first kappa shape index (κ1) is 15.3. The van der Waals surface area contributed by atoms with Crippen LogP contribution >= 0.6 is 11.8 Å². The maximum atomic E-state index is 10.1. The first-order valence-corrected chi connectivity index (χ1v) is 8.41. The topological polar surface area (TPSA) is 32.3 Å². The largest absolute Gasteiger partial charge is 0.388 e. The molecule has 2 nitrogen and oxygen atoms in total. The molecule has 102 valence electrons. The summed E-state index contributed by atoms with van der Waals surface area (Å²) in [6, 6.07) is 0.625. The number of hydrogen-bond acceptors (Lipinski definition) is 3. The van der Waals surface area contributed by atoms with Gasteiger partial charge in [0.15, 0.2) is 0 Å². The lowest BCUT2D eigenvalue weighted by molar-refractivity contribution is 0.0806. The van der Waals surface area contributed by atoms with Gasteiger partial charge in [-0.1, -0.05) is 26.2 Å². The van der Waals surface area contributed by atoms with Crippen molar-refractivity contribution in [3.8, 4) is 0 Å². The van der Waals surface area contributed by atoms with Crippen LogP contribution in [0.4, 0.5) is 0 Å². The van der Waals surface area contributed by atoms with E-state index in [1.54, 1.807) is 11.8 Å². The van der Waals surface area contributed by atoms with Crippen molar-refractivity contribution in [1.82, 2.24) is 5.32 Å². The highest BCUT2D eigenvalue weighted by Crippen LogP contribution is 2.25. The van der Waals surface area contributed by atoms with Crippen molar-refractivity contribution in [2.75, 3.05) is 18.6 Å². The van der Waals surface area contributed by atoms with E-state index in [1.165, 1.54) is 38.5 Å². The molecule has 1 rings (SSSR count). The van der Waals surface area contributed by atoms with Crippen LogP contribution in [0, 0.1) is 5.92 Å². The van der Waals surface area contributed by atoms with Gasteiger partial charge in [0, 0.05) is 18.3 Å². The maximum Gasteiger partial charge on any atom is 0.0833 e. The van der Waals surface area contributed by atoms with Crippen molar-refractivity contribution in [3.63, 3.8) is 0 Å². The first-order valence-electron chi connectivity index (χ1n) is 7.02. The molecule has 0 saturated heterocycles. The van der Waals surface area contributed by atoms with Crippen molar-refractivity contribution in [1.29, 1.82) is 0 Å². The van der Waals surface area contributed by atoms with E-state index in [-0.39, 0.29) is 0 Å². The summed E-state index contributed by atoms with van der Waals surface area (Å²) in [5.41, 5.74) is -0.560. The van der Waals surface area contributed by atoms with Gasteiger partial charge in [0.25, 0.3) is 0 Å². The molecule has 3 atom stereocenters. The Labute approximate surface area is 111 Å². The summed E-state index contributed by atoms with van der Waals surface area (Å²) in [6.07, 6.45) is 10.1. The Kier molecular flexibility index (Phi) is 6.90. The number of hydrogen-bond donors (Lipinski definition) is 2. The van der Waals surface area contributed by atoms with E-state index in [4.69, 9.17) is 0 Å². The minimum Gasteiger partial charge on any atom is -0.388 e. The van der Waals surface area contributed by atoms with Crippen LogP contribution in [-0.2, 0) is 0 Å². The third kappa shape index (κ3) is 6.12. The molecule has 0 aromatic rings. The third-order valence-electron chi connectivity index (χ3n) is 3.89. The van der Waals surface area contributed by atoms with Crippen LogP contribution in [-0.4, -0.2) is 35.3 Å². The molecule has 3 heteroatoms. The van der Waals surface area contributed by atoms with Crippen LogP contribution in [0.15, 0.2) is 0 Å². The van der Waals surface area contributed by atoms with Crippen molar-refractivity contribution in [3.05, 3.63) is 0 Å². The minimum absolute atomic E-state index is 0.560. The smallest absolute Gasteiger partial charge is 0.0833 e. The molecule has 0 amide bonds. The molecule has 1 aliphatic carbocycles. The van der Waals surface area contributed by atoms with Gasteiger partial charge in [-0.25, -0.2) is 0 Å². The van der Waals surface area contributed by atoms with E-state index < -0.39 is 5.60 Å². The van der Waals surface area contributed by atoms with Crippen molar-refractivity contribution < 1.29 is 5.11 Å². The molecule has 0 radical (unpaired) electrons. The summed E-state index contributed by atoms with van der Waals surface area (Å²) < 4.78 is 0. The molecule has 1 saturated carbocycles. The normalized spacial score (nSPS) is 29.6. The zero-order chi connectivity index (χ0) is 12.7. The Bertz CT molecular complexity index is 208. The highest BCUT2D eigenvalue weighted by Gasteiger charge is 2.23. The highest BCUT2D eigenvalue weighted by molar-refractivity contribution is 7.98. The van der Waals surface area contributed by atoms with Gasteiger partial charge in [-0.15, -0.1) is 0 Å². The molecule has 17 heavy (non-hydrogen) atoms. The summed E-state index contributed by atoms with van der Waals surface area (Å²) in [5.74, 6) is 1.75. The fourth-order valence-electron chi connectivity index (χ4n) is 2.72. The predicted octanol–water partition coefficient (Wildman–Crippen LogP) is 3.05. The lowest BCUT2D eigenvalue weighted by atomic mass is 9.98. The number of nitrogens with one attached hydrogen (secondary N) is 1. The van der Waals surface area contributed by atoms with Gasteiger partial charge >= 0.3 is 0 Å². The summed E-state index contributed by atoms with van der Waals surface area (Å²) in [4.78, 5) is 0. The zero-order valence-corrected chi connectivity index (χ0v) is 12.5. The van der Waals surface area contributed by atoms with Crippen molar-refractivity contribution in [2.24, 2.45) is 5.92 Å². The quantitative estimate of drug-likeness (QED) is 0.719. The molecule has 1 aliphatic rings. The van der Waals surface area contributed by atoms with Gasteiger partial charge in [-0.05, 0) is 38.4 Å². The summed E-state index contributed by atoms with van der Waals surface area (Å²) in [7, 11) is 0. The van der Waals surface area contributed by atoms with E-state index in [0.29, 0.717) is 6.04 Å². The van der Waals surface area contributed by atoms with Gasteiger partial charge in [0.05, 0.1) is 5.60 Å². The van der Waals surface area contributed by atoms with E-state index in [0.717, 1.165) is 18.2 Å². The molecule has 1 fully saturated rings. The number of thioether (sulfide) groups is 1. The molecule has 0 heterocycles. The fraction of sp³-hybridized carbons (Fsp3) is 1.00. The van der Waals surface area contributed by atoms with Gasteiger partial charge < -0.3 is 10.4 Å². The Morgan fingerprint density at radius 2 is 2.06 bits per heavy atom. The molecule has 0 aliphatic heterocycles. The molecule has 2 N–H and O–H groups in total. The second kappa shape index (κ2) is 7.65. The Morgan fingerprint density at radius 1 is 1.29 bits per heavy atom. The van der Waals surface area contributed by atoms with Crippen molar-refractivity contribution in [2.45, 2.75) is 64.0 Å². The molecule has 3 unspecified atom stereocenters. The Morgan fingerprint density at radius 3 is 2.71 bits per heavy atom. The molecule has 0 aromatic heterocycles. The van der Waals surface area contributed by atoms with E-state index in [2.05, 4.69) is 12.2 Å². The zero-order valence-electron chi connectivity index (χ0n) is 11.7. The summed E-state index contributed by atoms with van der Waals surface area (Å²) in [5, 5.41) is 13.7. The van der Waals surface area contributed by atoms with Crippen LogP contribution in [0.25, 0.3) is 0 Å². The molecule has 0 bridgehead atoms. The van der Waals surface area contributed by atoms with Crippen molar-refractivity contribution >= 4 is 11.8 Å². The van der Waals surface area contributed by atoms with Crippen LogP contribution in [0.1, 0.15) is 52.4 Å². The van der Waals surface area contributed by atoms with Crippen LogP contribution in [0.3, 0.4) is 0 Å². The third-order valence-corrected chi connectivity index (χ3v) is 4.80. The van der Waals surface area contributed by atoms with Gasteiger partial charge in [0.1, 0.15) is 0 Å². The van der Waals surface area contributed by atoms with Gasteiger partial charge in [-0.2, -0.15) is 11.8 Å². The van der Waals surface area contributed by atoms with E-state index in [1.807, 2.05) is 13.2 Å². The van der Waals surface area contributed by atoms with Crippen LogP contribution in [0.2, 0.25) is 0 Å². The number of rotatable bonds is 6. The maximum absolute atomic E-state index is 10.1. The first-order chi connectivity index (χ1) is 8.07. The average molecular weight is 259 g/mol. The number of aliphatic hydroxyl groups is 1. The summed E-state index contributed by atoms with van der Waals surface area (Å²) in [6.45, 7) is 4.97. The van der Waals surface area contributed by atoms with Crippen LogP contribution < -0.4 is 5.32 Å². The Balaban J connectivity index is 2.27. The Hall–Kier alpha value is 0.270. The minimum atomic E-state index is -0.560. The van der Waals surface area contributed by atoms with E-state index >= 15 is 0 Å². The standard InChI is InChI=1S/C14H29NOS/c1-4-12-6-5-7-13(9-8-12)15-10-14(2,16)11-17-3/h12-13,15-16H,4-11H2,1-3H3. The predicted molar refractivity (Wildman–Crippen MR) is 77.7 cm³/mol. The highest BCUT2D eigenvalue weighted by atomic mass is 32.2. The second-order valence-corrected chi connectivity index (χ2v) is 6.66. The molecule has 0 spiro atoms.